The minimum atomic E-state index is 0.596. The van der Waals surface area contributed by atoms with E-state index in [0.717, 1.165) is 28.6 Å². The van der Waals surface area contributed by atoms with Crippen molar-refractivity contribution in [1.82, 2.24) is 9.97 Å². The van der Waals surface area contributed by atoms with Gasteiger partial charge in [-0.25, -0.2) is 9.97 Å². The maximum Gasteiger partial charge on any atom is 0.148 e. The van der Waals surface area contributed by atoms with Crippen LogP contribution in [0.5, 0.6) is 0 Å². The van der Waals surface area contributed by atoms with E-state index in [1.165, 1.54) is 32.1 Å². The second kappa shape index (κ2) is 7.25. The summed E-state index contributed by atoms with van der Waals surface area (Å²) in [7, 11) is 2.15. The summed E-state index contributed by atoms with van der Waals surface area (Å²) >= 11 is 3.65. The molecule has 1 heterocycles. The first-order chi connectivity index (χ1) is 9.67. The van der Waals surface area contributed by atoms with Gasteiger partial charge >= 0.3 is 0 Å². The Morgan fingerprint density at radius 2 is 1.95 bits per heavy atom. The minimum absolute atomic E-state index is 0.596. The van der Waals surface area contributed by atoms with Gasteiger partial charge in [0.05, 0.1) is 0 Å². The number of anilines is 2. The molecule has 0 atom stereocenters. The predicted molar refractivity (Wildman–Crippen MR) is 88.3 cm³/mol. The lowest BCUT2D eigenvalue weighted by atomic mass is 9.84. The first-order valence-corrected chi connectivity index (χ1v) is 8.43. The minimum Gasteiger partial charge on any atom is -0.369 e. The normalized spacial score (nSPS) is 22.6. The third-order valence-corrected chi connectivity index (χ3v) is 5.12. The largest absolute Gasteiger partial charge is 0.369 e. The summed E-state index contributed by atoms with van der Waals surface area (Å²) < 4.78 is 0.974. The molecule has 1 aromatic heterocycles. The van der Waals surface area contributed by atoms with Crippen LogP contribution in [-0.4, -0.2) is 29.6 Å². The van der Waals surface area contributed by atoms with Crippen molar-refractivity contribution in [3.8, 4) is 0 Å². The number of nitrogens with zero attached hydrogens (tertiary/aromatic N) is 3. The summed E-state index contributed by atoms with van der Waals surface area (Å²) in [5.41, 5.74) is 0. The molecule has 0 unspecified atom stereocenters. The Morgan fingerprint density at radius 1 is 1.25 bits per heavy atom. The lowest BCUT2D eigenvalue weighted by molar-refractivity contribution is 0.312. The molecular formula is C15H25BrN4. The van der Waals surface area contributed by atoms with Crippen LogP contribution in [0, 0.1) is 5.92 Å². The fraction of sp³-hybridized carbons (Fsp3) is 0.733. The third kappa shape index (κ3) is 3.43. The SMILES string of the molecule is CCNc1ncnc(N(C)C2CCC(CC)CC2)c1Br. The van der Waals surface area contributed by atoms with Crippen LogP contribution in [0.25, 0.3) is 0 Å². The lowest BCUT2D eigenvalue weighted by Gasteiger charge is -2.35. The molecule has 0 spiro atoms. The molecule has 4 nitrogen and oxygen atoms in total. The van der Waals surface area contributed by atoms with Crippen LogP contribution < -0.4 is 10.2 Å². The molecule has 0 aliphatic heterocycles. The molecule has 20 heavy (non-hydrogen) atoms. The van der Waals surface area contributed by atoms with Gasteiger partial charge in [-0.3, -0.25) is 0 Å². The first kappa shape index (κ1) is 15.5. The van der Waals surface area contributed by atoms with Crippen LogP contribution in [0.4, 0.5) is 11.6 Å². The number of halogens is 1. The van der Waals surface area contributed by atoms with E-state index in [0.29, 0.717) is 6.04 Å². The monoisotopic (exact) mass is 340 g/mol. The van der Waals surface area contributed by atoms with Crippen LogP contribution in [0.15, 0.2) is 10.8 Å². The van der Waals surface area contributed by atoms with Crippen LogP contribution in [0.2, 0.25) is 0 Å². The molecule has 1 aliphatic carbocycles. The Kier molecular flexibility index (Phi) is 5.64. The first-order valence-electron chi connectivity index (χ1n) is 7.64. The van der Waals surface area contributed by atoms with Gasteiger partial charge in [0.2, 0.25) is 0 Å². The molecule has 112 valence electrons. The molecule has 0 bridgehead atoms. The lowest BCUT2D eigenvalue weighted by Crippen LogP contribution is -2.36. The Labute approximate surface area is 130 Å². The molecule has 1 N–H and O–H groups in total. The molecule has 0 radical (unpaired) electrons. The van der Waals surface area contributed by atoms with Gasteiger partial charge in [-0.15, -0.1) is 0 Å². The summed E-state index contributed by atoms with van der Waals surface area (Å²) in [6.07, 6.45) is 8.18. The second-order valence-corrected chi connectivity index (χ2v) is 6.38. The fourth-order valence-corrected chi connectivity index (χ4v) is 3.64. The smallest absolute Gasteiger partial charge is 0.148 e. The van der Waals surface area contributed by atoms with Crippen LogP contribution in [0.3, 0.4) is 0 Å². The standard InChI is InChI=1S/C15H25BrN4/c1-4-11-6-8-12(9-7-11)20(3)15-13(16)14(17-5-2)18-10-19-15/h10-12H,4-9H2,1-3H3,(H,17,18,19). The highest BCUT2D eigenvalue weighted by atomic mass is 79.9. The molecule has 0 saturated heterocycles. The zero-order chi connectivity index (χ0) is 14.5. The van der Waals surface area contributed by atoms with E-state index in [1.807, 2.05) is 0 Å². The Hall–Kier alpha value is -0.840. The molecule has 1 aromatic rings. The molecule has 5 heteroatoms. The van der Waals surface area contributed by atoms with E-state index in [4.69, 9.17) is 0 Å². The van der Waals surface area contributed by atoms with E-state index in [9.17, 15) is 0 Å². The van der Waals surface area contributed by atoms with Gasteiger partial charge < -0.3 is 10.2 Å². The predicted octanol–water partition coefficient (Wildman–Crippen LogP) is 4.08. The van der Waals surface area contributed by atoms with Crippen molar-refractivity contribution in [3.63, 3.8) is 0 Å². The van der Waals surface area contributed by atoms with Gasteiger partial charge in [0.25, 0.3) is 0 Å². The number of aromatic nitrogens is 2. The summed E-state index contributed by atoms with van der Waals surface area (Å²) in [6, 6.07) is 0.596. The Morgan fingerprint density at radius 3 is 2.55 bits per heavy atom. The van der Waals surface area contributed by atoms with E-state index in [1.54, 1.807) is 6.33 Å². The summed E-state index contributed by atoms with van der Waals surface area (Å²) in [4.78, 5) is 11.1. The molecule has 1 aliphatic rings. The van der Waals surface area contributed by atoms with Crippen molar-refractivity contribution >= 4 is 27.6 Å². The number of hydrogen-bond donors (Lipinski definition) is 1. The van der Waals surface area contributed by atoms with Gasteiger partial charge in [-0.1, -0.05) is 13.3 Å². The Balaban J connectivity index is 2.09. The zero-order valence-corrected chi connectivity index (χ0v) is 14.3. The summed E-state index contributed by atoms with van der Waals surface area (Å²) in [5, 5.41) is 3.27. The molecule has 1 fully saturated rings. The number of nitrogens with one attached hydrogen (secondary N) is 1. The Bertz CT molecular complexity index is 430. The third-order valence-electron chi connectivity index (χ3n) is 4.39. The fourth-order valence-electron chi connectivity index (χ4n) is 3.01. The van der Waals surface area contributed by atoms with Gasteiger partial charge in [-0.05, 0) is 54.5 Å². The highest BCUT2D eigenvalue weighted by Crippen LogP contribution is 2.34. The van der Waals surface area contributed by atoms with Crippen LogP contribution in [0.1, 0.15) is 46.0 Å². The molecular weight excluding hydrogens is 316 g/mol. The maximum absolute atomic E-state index is 4.46. The van der Waals surface area contributed by atoms with E-state index in [-0.39, 0.29) is 0 Å². The average Bonchev–Trinajstić information content (AvgIpc) is 2.49. The summed E-state index contributed by atoms with van der Waals surface area (Å²) in [5.74, 6) is 2.80. The molecule has 1 saturated carbocycles. The van der Waals surface area contributed by atoms with Gasteiger partial charge in [0.15, 0.2) is 0 Å². The zero-order valence-electron chi connectivity index (χ0n) is 12.7. The van der Waals surface area contributed by atoms with Crippen molar-refractivity contribution in [3.05, 3.63) is 10.8 Å². The number of rotatable bonds is 5. The van der Waals surface area contributed by atoms with Crippen molar-refractivity contribution in [2.75, 3.05) is 23.8 Å². The van der Waals surface area contributed by atoms with E-state index < -0.39 is 0 Å². The van der Waals surface area contributed by atoms with E-state index in [2.05, 4.69) is 57.0 Å². The quantitative estimate of drug-likeness (QED) is 0.876. The summed E-state index contributed by atoms with van der Waals surface area (Å²) in [6.45, 7) is 5.24. The molecule has 0 aromatic carbocycles. The van der Waals surface area contributed by atoms with Gasteiger partial charge in [0.1, 0.15) is 22.4 Å². The van der Waals surface area contributed by atoms with Crippen molar-refractivity contribution in [2.24, 2.45) is 5.92 Å². The van der Waals surface area contributed by atoms with Crippen LogP contribution in [-0.2, 0) is 0 Å². The number of hydrogen-bond acceptors (Lipinski definition) is 4. The van der Waals surface area contributed by atoms with Gasteiger partial charge in [-0.2, -0.15) is 0 Å². The van der Waals surface area contributed by atoms with Crippen LogP contribution >= 0.6 is 15.9 Å². The maximum atomic E-state index is 4.46. The molecule has 2 rings (SSSR count). The average molecular weight is 341 g/mol. The molecule has 0 amide bonds. The second-order valence-electron chi connectivity index (χ2n) is 5.58. The van der Waals surface area contributed by atoms with Crippen molar-refractivity contribution < 1.29 is 0 Å². The van der Waals surface area contributed by atoms with E-state index >= 15 is 0 Å². The topological polar surface area (TPSA) is 41.1 Å². The highest BCUT2D eigenvalue weighted by molar-refractivity contribution is 9.10. The van der Waals surface area contributed by atoms with Crippen molar-refractivity contribution in [2.45, 2.75) is 52.0 Å². The highest BCUT2D eigenvalue weighted by Gasteiger charge is 2.25. The van der Waals surface area contributed by atoms with Gasteiger partial charge in [0, 0.05) is 19.6 Å². The van der Waals surface area contributed by atoms with Crippen molar-refractivity contribution in [1.29, 1.82) is 0 Å².